The van der Waals surface area contributed by atoms with Crippen molar-refractivity contribution < 1.29 is 0 Å². The van der Waals surface area contributed by atoms with E-state index in [1.807, 2.05) is 29.1 Å². The van der Waals surface area contributed by atoms with E-state index in [1.54, 1.807) is 6.20 Å². The standard InChI is InChI=1S/C12H13N7/c1-6-14-19(7-1)11-4-2-10(3-5-11)8-13-9-12-15-17-18-16-12/h1-7,13H,8-9H2,(H,15,16,17,18). The van der Waals surface area contributed by atoms with E-state index in [1.165, 1.54) is 5.56 Å². The first-order valence-electron chi connectivity index (χ1n) is 5.94. The molecule has 3 aromatic rings. The molecule has 0 atom stereocenters. The SMILES string of the molecule is c1cnn(-c2ccc(CNCc3nn[nH]n3)cc2)c1. The topological polar surface area (TPSA) is 84.3 Å². The fraction of sp³-hybridized carbons (Fsp3) is 0.167. The van der Waals surface area contributed by atoms with Crippen LogP contribution in [0.25, 0.3) is 5.69 Å². The van der Waals surface area contributed by atoms with E-state index in [-0.39, 0.29) is 0 Å². The van der Waals surface area contributed by atoms with Crippen molar-refractivity contribution in [3.63, 3.8) is 0 Å². The maximum absolute atomic E-state index is 4.19. The van der Waals surface area contributed by atoms with Gasteiger partial charge in [-0.05, 0) is 23.8 Å². The van der Waals surface area contributed by atoms with E-state index < -0.39 is 0 Å². The van der Waals surface area contributed by atoms with Gasteiger partial charge in [-0.2, -0.15) is 10.3 Å². The summed E-state index contributed by atoms with van der Waals surface area (Å²) >= 11 is 0. The molecule has 2 aromatic heterocycles. The number of benzene rings is 1. The number of nitrogens with one attached hydrogen (secondary N) is 2. The van der Waals surface area contributed by atoms with Gasteiger partial charge in [-0.1, -0.05) is 17.3 Å². The van der Waals surface area contributed by atoms with Crippen molar-refractivity contribution in [2.45, 2.75) is 13.1 Å². The Morgan fingerprint density at radius 3 is 2.74 bits per heavy atom. The Labute approximate surface area is 109 Å². The van der Waals surface area contributed by atoms with Gasteiger partial charge in [-0.3, -0.25) is 0 Å². The molecule has 2 N–H and O–H groups in total. The zero-order valence-electron chi connectivity index (χ0n) is 10.2. The van der Waals surface area contributed by atoms with Crippen LogP contribution >= 0.6 is 0 Å². The predicted molar refractivity (Wildman–Crippen MR) is 68.3 cm³/mol. The van der Waals surface area contributed by atoms with Crippen LogP contribution in [-0.4, -0.2) is 30.4 Å². The Balaban J connectivity index is 1.57. The van der Waals surface area contributed by atoms with Gasteiger partial charge in [0.15, 0.2) is 5.82 Å². The van der Waals surface area contributed by atoms with Crippen molar-refractivity contribution in [3.8, 4) is 5.69 Å². The Morgan fingerprint density at radius 2 is 2.05 bits per heavy atom. The van der Waals surface area contributed by atoms with Crippen LogP contribution in [0.4, 0.5) is 0 Å². The highest BCUT2D eigenvalue weighted by Gasteiger charge is 1.99. The molecule has 7 heteroatoms. The van der Waals surface area contributed by atoms with Crippen molar-refractivity contribution in [2.24, 2.45) is 0 Å². The maximum atomic E-state index is 4.19. The summed E-state index contributed by atoms with van der Waals surface area (Å²) in [7, 11) is 0. The molecule has 0 spiro atoms. The summed E-state index contributed by atoms with van der Waals surface area (Å²) in [6.07, 6.45) is 3.68. The van der Waals surface area contributed by atoms with Crippen LogP contribution in [0.2, 0.25) is 0 Å². The first kappa shape index (κ1) is 11.5. The monoisotopic (exact) mass is 255 g/mol. The Hall–Kier alpha value is -2.54. The number of aromatic amines is 1. The molecule has 0 aliphatic carbocycles. The van der Waals surface area contributed by atoms with Gasteiger partial charge in [0.05, 0.1) is 12.2 Å². The minimum Gasteiger partial charge on any atom is -0.306 e. The third kappa shape index (κ3) is 2.83. The molecule has 0 fully saturated rings. The van der Waals surface area contributed by atoms with Gasteiger partial charge in [0.2, 0.25) is 0 Å². The van der Waals surface area contributed by atoms with Crippen molar-refractivity contribution in [1.82, 2.24) is 35.7 Å². The van der Waals surface area contributed by atoms with Crippen LogP contribution in [0.15, 0.2) is 42.7 Å². The summed E-state index contributed by atoms with van der Waals surface area (Å²) in [5.41, 5.74) is 2.24. The zero-order valence-corrected chi connectivity index (χ0v) is 10.2. The van der Waals surface area contributed by atoms with E-state index in [0.717, 1.165) is 12.2 Å². The molecule has 0 unspecified atom stereocenters. The molecule has 0 saturated heterocycles. The fourth-order valence-corrected chi connectivity index (χ4v) is 1.76. The van der Waals surface area contributed by atoms with Gasteiger partial charge < -0.3 is 5.32 Å². The largest absolute Gasteiger partial charge is 0.306 e. The summed E-state index contributed by atoms with van der Waals surface area (Å²) in [4.78, 5) is 0. The maximum Gasteiger partial charge on any atom is 0.188 e. The highest BCUT2D eigenvalue weighted by molar-refractivity contribution is 5.33. The molecule has 1 aromatic carbocycles. The zero-order chi connectivity index (χ0) is 12.9. The van der Waals surface area contributed by atoms with E-state index in [4.69, 9.17) is 0 Å². The van der Waals surface area contributed by atoms with Crippen LogP contribution in [-0.2, 0) is 13.1 Å². The average molecular weight is 255 g/mol. The third-order valence-electron chi connectivity index (χ3n) is 2.71. The van der Waals surface area contributed by atoms with E-state index in [0.29, 0.717) is 12.4 Å². The van der Waals surface area contributed by atoms with Crippen molar-refractivity contribution in [2.75, 3.05) is 0 Å². The van der Waals surface area contributed by atoms with Gasteiger partial charge in [-0.25, -0.2) is 4.68 Å². The molecule has 0 saturated carbocycles. The van der Waals surface area contributed by atoms with Gasteiger partial charge in [-0.15, -0.1) is 10.2 Å². The molecule has 3 rings (SSSR count). The molecule has 0 bridgehead atoms. The van der Waals surface area contributed by atoms with Gasteiger partial charge >= 0.3 is 0 Å². The smallest absolute Gasteiger partial charge is 0.188 e. The first-order valence-corrected chi connectivity index (χ1v) is 5.94. The summed E-state index contributed by atoms with van der Waals surface area (Å²) in [6, 6.07) is 10.1. The molecule has 0 aliphatic heterocycles. The number of hydrogen-bond acceptors (Lipinski definition) is 5. The van der Waals surface area contributed by atoms with Crippen LogP contribution in [0.3, 0.4) is 0 Å². The van der Waals surface area contributed by atoms with Crippen molar-refractivity contribution in [1.29, 1.82) is 0 Å². The van der Waals surface area contributed by atoms with Crippen LogP contribution in [0, 0.1) is 0 Å². The minimum absolute atomic E-state index is 0.595. The molecule has 0 amide bonds. The van der Waals surface area contributed by atoms with Gasteiger partial charge in [0.25, 0.3) is 0 Å². The summed E-state index contributed by atoms with van der Waals surface area (Å²) in [6.45, 7) is 1.35. The highest BCUT2D eigenvalue weighted by atomic mass is 15.5. The molecular formula is C12H13N7. The number of H-pyrrole nitrogens is 1. The second kappa shape index (κ2) is 5.40. The lowest BCUT2D eigenvalue weighted by Gasteiger charge is -2.05. The Kier molecular flexibility index (Phi) is 3.28. The lowest BCUT2D eigenvalue weighted by molar-refractivity contribution is 0.663. The van der Waals surface area contributed by atoms with Crippen LogP contribution in [0.1, 0.15) is 11.4 Å². The van der Waals surface area contributed by atoms with Crippen molar-refractivity contribution >= 4 is 0 Å². The molecule has 0 aliphatic rings. The lowest BCUT2D eigenvalue weighted by atomic mass is 10.2. The van der Waals surface area contributed by atoms with Gasteiger partial charge in [0.1, 0.15) is 0 Å². The van der Waals surface area contributed by atoms with Crippen molar-refractivity contribution in [3.05, 3.63) is 54.1 Å². The molecule has 7 nitrogen and oxygen atoms in total. The number of hydrogen-bond donors (Lipinski definition) is 2. The minimum atomic E-state index is 0.595. The average Bonchev–Trinajstić information content (AvgIpc) is 3.13. The molecule has 2 heterocycles. The van der Waals surface area contributed by atoms with E-state index in [9.17, 15) is 0 Å². The van der Waals surface area contributed by atoms with E-state index >= 15 is 0 Å². The number of tetrazole rings is 1. The predicted octanol–water partition coefficient (Wildman–Crippen LogP) is 0.675. The number of nitrogens with zero attached hydrogens (tertiary/aromatic N) is 5. The molecule has 19 heavy (non-hydrogen) atoms. The second-order valence-corrected chi connectivity index (χ2v) is 4.05. The van der Waals surface area contributed by atoms with Crippen LogP contribution in [0.5, 0.6) is 0 Å². The normalized spacial score (nSPS) is 10.7. The quantitative estimate of drug-likeness (QED) is 0.700. The lowest BCUT2D eigenvalue weighted by Crippen LogP contribution is -2.13. The van der Waals surface area contributed by atoms with E-state index in [2.05, 4.69) is 43.2 Å². The Bertz CT molecular complexity index is 598. The fourth-order valence-electron chi connectivity index (χ4n) is 1.76. The Morgan fingerprint density at radius 1 is 1.16 bits per heavy atom. The molecule has 96 valence electrons. The molecular weight excluding hydrogens is 242 g/mol. The number of rotatable bonds is 5. The summed E-state index contributed by atoms with van der Waals surface area (Å²) in [5.74, 6) is 0.660. The van der Waals surface area contributed by atoms with Crippen LogP contribution < -0.4 is 5.32 Å². The summed E-state index contributed by atoms with van der Waals surface area (Å²) in [5, 5.41) is 21.1. The highest BCUT2D eigenvalue weighted by Crippen LogP contribution is 2.08. The van der Waals surface area contributed by atoms with Gasteiger partial charge in [0, 0.05) is 18.9 Å². The first-order chi connectivity index (χ1) is 9.42. The second-order valence-electron chi connectivity index (χ2n) is 4.05. The third-order valence-corrected chi connectivity index (χ3v) is 2.71. The number of aromatic nitrogens is 6. The molecule has 0 radical (unpaired) electrons. The summed E-state index contributed by atoms with van der Waals surface area (Å²) < 4.78 is 1.83.